The van der Waals surface area contributed by atoms with Gasteiger partial charge < -0.3 is 15.8 Å². The summed E-state index contributed by atoms with van der Waals surface area (Å²) in [7, 11) is 0. The third-order valence-electron chi connectivity index (χ3n) is 3.60. The molecule has 1 aromatic heterocycles. The Kier molecular flexibility index (Phi) is 2.35. The van der Waals surface area contributed by atoms with Crippen molar-refractivity contribution < 1.29 is 5.11 Å². The molecular formula is C16H12N4O. The summed E-state index contributed by atoms with van der Waals surface area (Å²) in [4.78, 5) is 2.97. The van der Waals surface area contributed by atoms with Gasteiger partial charge >= 0.3 is 0 Å². The van der Waals surface area contributed by atoms with E-state index in [1.807, 2.05) is 48.5 Å². The largest absolute Gasteiger partial charge is 0.494 e. The average molecular weight is 276 g/mol. The Hall–Kier alpha value is -3.08. The van der Waals surface area contributed by atoms with E-state index in [0.29, 0.717) is 5.84 Å². The number of hydrogen-bond donors (Lipinski definition) is 3. The van der Waals surface area contributed by atoms with Crippen molar-refractivity contribution in [3.63, 3.8) is 0 Å². The lowest BCUT2D eigenvalue weighted by atomic mass is 10.1. The summed E-state index contributed by atoms with van der Waals surface area (Å²) in [6.07, 6.45) is 1.92. The van der Waals surface area contributed by atoms with E-state index in [1.54, 1.807) is 0 Å². The molecule has 5 heteroatoms. The zero-order valence-electron chi connectivity index (χ0n) is 11.0. The molecule has 0 atom stereocenters. The molecule has 4 N–H and O–H groups in total. The molecule has 0 saturated carbocycles. The summed E-state index contributed by atoms with van der Waals surface area (Å²) in [6, 6.07) is 13.5. The molecule has 3 aromatic rings. The second-order valence-electron chi connectivity index (χ2n) is 4.94. The Labute approximate surface area is 119 Å². The molecule has 0 saturated heterocycles. The van der Waals surface area contributed by atoms with E-state index in [2.05, 4.69) is 15.2 Å². The minimum absolute atomic E-state index is 0.156. The maximum absolute atomic E-state index is 10.1. The van der Waals surface area contributed by atoms with Crippen molar-refractivity contribution >= 4 is 22.8 Å². The lowest BCUT2D eigenvalue weighted by Gasteiger charge is -1.95. The van der Waals surface area contributed by atoms with Crippen LogP contribution >= 0.6 is 0 Å². The highest BCUT2D eigenvalue weighted by Crippen LogP contribution is 2.27. The number of aromatic hydroxyl groups is 1. The first-order chi connectivity index (χ1) is 10.2. The minimum atomic E-state index is 0.156. The van der Waals surface area contributed by atoms with Gasteiger partial charge in [0.05, 0.1) is 5.36 Å². The smallest absolute Gasteiger partial charge is 0.196 e. The molecule has 21 heavy (non-hydrogen) atoms. The van der Waals surface area contributed by atoms with E-state index in [1.165, 1.54) is 0 Å². The molecule has 2 aromatic carbocycles. The Morgan fingerprint density at radius 1 is 1.10 bits per heavy atom. The molecule has 0 aliphatic carbocycles. The van der Waals surface area contributed by atoms with Gasteiger partial charge in [-0.2, -0.15) is 0 Å². The van der Waals surface area contributed by atoms with Crippen LogP contribution in [0.3, 0.4) is 0 Å². The van der Waals surface area contributed by atoms with Crippen LogP contribution in [0.15, 0.2) is 52.7 Å². The number of fused-ring (bicyclic) bond motifs is 2. The summed E-state index contributed by atoms with van der Waals surface area (Å²) < 4.78 is 0. The maximum Gasteiger partial charge on any atom is 0.196 e. The number of para-hydroxylation sites is 1. The van der Waals surface area contributed by atoms with Crippen LogP contribution in [0.25, 0.3) is 17.0 Å². The van der Waals surface area contributed by atoms with Gasteiger partial charge in [-0.1, -0.05) is 24.3 Å². The molecule has 1 aliphatic heterocycles. The second kappa shape index (κ2) is 4.21. The van der Waals surface area contributed by atoms with E-state index in [-0.39, 0.29) is 5.88 Å². The number of hydrogen-bond acceptors (Lipinski definition) is 4. The highest BCUT2D eigenvalue weighted by atomic mass is 16.3. The zero-order chi connectivity index (χ0) is 14.4. The monoisotopic (exact) mass is 276 g/mol. The Balaban J connectivity index is 1.96. The molecule has 1 aliphatic rings. The quantitative estimate of drug-likeness (QED) is 0.618. The lowest BCUT2D eigenvalue weighted by Crippen LogP contribution is -2.21. The minimum Gasteiger partial charge on any atom is -0.494 e. The fourth-order valence-corrected chi connectivity index (χ4v) is 2.56. The van der Waals surface area contributed by atoms with Crippen molar-refractivity contribution in [1.29, 1.82) is 0 Å². The normalized spacial score (nSPS) is 14.1. The molecule has 2 heterocycles. The molecule has 0 fully saturated rings. The molecule has 5 nitrogen and oxygen atoms in total. The predicted molar refractivity (Wildman–Crippen MR) is 81.5 cm³/mol. The SMILES string of the molecule is NC1=NN=c2cc/c(=C\c3c(O)[nH]c4ccccc34)cc21. The number of rotatable bonds is 1. The predicted octanol–water partition coefficient (Wildman–Crippen LogP) is 0.956. The maximum atomic E-state index is 10.1. The number of benzene rings is 2. The van der Waals surface area contributed by atoms with Crippen LogP contribution in [0, 0.1) is 0 Å². The second-order valence-corrected chi connectivity index (χ2v) is 4.94. The number of nitrogens with zero attached hydrogens (tertiary/aromatic N) is 2. The molecule has 102 valence electrons. The summed E-state index contributed by atoms with van der Waals surface area (Å²) in [5.74, 6) is 0.575. The van der Waals surface area contributed by atoms with Gasteiger partial charge in [0.1, 0.15) is 0 Å². The first-order valence-electron chi connectivity index (χ1n) is 6.55. The Bertz CT molecular complexity index is 1010. The van der Waals surface area contributed by atoms with Crippen LogP contribution in [-0.2, 0) is 0 Å². The van der Waals surface area contributed by atoms with Crippen LogP contribution in [0.2, 0.25) is 0 Å². The van der Waals surface area contributed by atoms with Crippen LogP contribution in [0.4, 0.5) is 0 Å². The molecule has 0 spiro atoms. The lowest BCUT2D eigenvalue weighted by molar-refractivity contribution is 0.457. The van der Waals surface area contributed by atoms with Crippen molar-refractivity contribution in [2.45, 2.75) is 0 Å². The summed E-state index contributed by atoms with van der Waals surface area (Å²) in [5.41, 5.74) is 8.28. The third kappa shape index (κ3) is 1.79. The van der Waals surface area contributed by atoms with Crippen molar-refractivity contribution in [1.82, 2.24) is 4.98 Å². The zero-order valence-corrected chi connectivity index (χ0v) is 11.0. The van der Waals surface area contributed by atoms with Crippen LogP contribution in [0.5, 0.6) is 5.88 Å². The van der Waals surface area contributed by atoms with Gasteiger partial charge in [0.2, 0.25) is 0 Å². The van der Waals surface area contributed by atoms with Gasteiger partial charge in [-0.15, -0.1) is 10.2 Å². The van der Waals surface area contributed by atoms with E-state index >= 15 is 0 Å². The van der Waals surface area contributed by atoms with Gasteiger partial charge in [-0.3, -0.25) is 0 Å². The molecule has 0 unspecified atom stereocenters. The van der Waals surface area contributed by atoms with Crippen LogP contribution < -0.4 is 16.3 Å². The highest BCUT2D eigenvalue weighted by molar-refractivity contribution is 5.98. The van der Waals surface area contributed by atoms with E-state index in [0.717, 1.165) is 32.6 Å². The molecule has 0 bridgehead atoms. The fourth-order valence-electron chi connectivity index (χ4n) is 2.56. The topological polar surface area (TPSA) is 86.8 Å². The van der Waals surface area contributed by atoms with Gasteiger partial charge in [0, 0.05) is 22.0 Å². The first-order valence-corrected chi connectivity index (χ1v) is 6.55. The number of nitrogens with one attached hydrogen (secondary N) is 1. The Morgan fingerprint density at radius 2 is 1.95 bits per heavy atom. The van der Waals surface area contributed by atoms with Crippen LogP contribution in [-0.4, -0.2) is 15.9 Å². The van der Waals surface area contributed by atoms with E-state index in [9.17, 15) is 5.11 Å². The standard InChI is InChI=1S/C16H12N4O/c17-15-12-8-9(5-6-14(12)19-20-15)7-11-10-3-1-2-4-13(10)18-16(11)21/h1-8,18,21H,(H2,17,20)/b9-7+. The van der Waals surface area contributed by atoms with E-state index in [4.69, 9.17) is 5.73 Å². The van der Waals surface area contributed by atoms with Gasteiger partial charge in [0.25, 0.3) is 0 Å². The van der Waals surface area contributed by atoms with Crippen molar-refractivity contribution in [3.8, 4) is 5.88 Å². The summed E-state index contributed by atoms with van der Waals surface area (Å²) >= 11 is 0. The first kappa shape index (κ1) is 11.7. The van der Waals surface area contributed by atoms with Crippen molar-refractivity contribution in [3.05, 3.63) is 64.2 Å². The van der Waals surface area contributed by atoms with Crippen molar-refractivity contribution in [2.75, 3.05) is 0 Å². The molecule has 0 amide bonds. The van der Waals surface area contributed by atoms with Gasteiger partial charge in [-0.25, -0.2) is 0 Å². The van der Waals surface area contributed by atoms with Gasteiger partial charge in [0.15, 0.2) is 11.7 Å². The van der Waals surface area contributed by atoms with Gasteiger partial charge in [-0.05, 0) is 29.5 Å². The Morgan fingerprint density at radius 3 is 2.86 bits per heavy atom. The number of nitrogens with two attached hydrogens (primary N) is 1. The number of amidine groups is 1. The molecule has 4 rings (SSSR count). The van der Waals surface area contributed by atoms with Crippen LogP contribution in [0.1, 0.15) is 11.1 Å². The number of aromatic amines is 1. The summed E-state index contributed by atoms with van der Waals surface area (Å²) in [6.45, 7) is 0. The number of H-pyrrole nitrogens is 1. The average Bonchev–Trinajstić information content (AvgIpc) is 3.01. The molecular weight excluding hydrogens is 264 g/mol. The van der Waals surface area contributed by atoms with Crippen molar-refractivity contribution in [2.24, 2.45) is 15.9 Å². The summed E-state index contributed by atoms with van der Waals surface area (Å²) in [5, 5.41) is 20.6. The fraction of sp³-hybridized carbons (Fsp3) is 0. The number of aromatic nitrogens is 1. The highest BCUT2D eigenvalue weighted by Gasteiger charge is 2.09. The van der Waals surface area contributed by atoms with E-state index < -0.39 is 0 Å². The third-order valence-corrected chi connectivity index (χ3v) is 3.60. The molecule has 0 radical (unpaired) electrons.